The van der Waals surface area contributed by atoms with Crippen molar-refractivity contribution in [1.82, 2.24) is 5.16 Å². The Hall–Kier alpha value is -2.37. The van der Waals surface area contributed by atoms with E-state index in [-0.39, 0.29) is 34.2 Å². The van der Waals surface area contributed by atoms with Crippen LogP contribution in [0.15, 0.2) is 47.0 Å². The maximum Gasteiger partial charge on any atom is 0.344 e. The molecule has 0 bridgehead atoms. The number of aryl methyl sites for hydroxylation is 1. The molecule has 7 heteroatoms. The largest absolute Gasteiger partial charge is 0.457 e. The fourth-order valence-corrected chi connectivity index (χ4v) is 2.77. The van der Waals surface area contributed by atoms with Crippen LogP contribution < -0.4 is 0 Å². The van der Waals surface area contributed by atoms with Crippen molar-refractivity contribution in [1.29, 1.82) is 0 Å². The van der Waals surface area contributed by atoms with E-state index >= 15 is 0 Å². The number of hydrogen-bond acceptors (Lipinski definition) is 4. The Kier molecular flexibility index (Phi) is 5.06. The van der Waals surface area contributed by atoms with Crippen molar-refractivity contribution >= 4 is 29.2 Å². The predicted octanol–water partition coefficient (Wildman–Crippen LogP) is 5.45. The van der Waals surface area contributed by atoms with Crippen LogP contribution in [0.25, 0.3) is 11.3 Å². The van der Waals surface area contributed by atoms with Gasteiger partial charge in [-0.3, -0.25) is 0 Å². The fourth-order valence-electron chi connectivity index (χ4n) is 2.33. The van der Waals surface area contributed by atoms with E-state index in [9.17, 15) is 9.18 Å². The van der Waals surface area contributed by atoms with E-state index in [1.54, 1.807) is 31.2 Å². The van der Waals surface area contributed by atoms with E-state index in [0.29, 0.717) is 10.6 Å². The Morgan fingerprint density at radius 1 is 1.16 bits per heavy atom. The van der Waals surface area contributed by atoms with Crippen molar-refractivity contribution in [2.24, 2.45) is 0 Å². The predicted molar refractivity (Wildman–Crippen MR) is 92.2 cm³/mol. The monoisotopic (exact) mass is 379 g/mol. The van der Waals surface area contributed by atoms with Gasteiger partial charge in [0.1, 0.15) is 29.4 Å². The molecule has 0 unspecified atom stereocenters. The number of carbonyl (C=O) groups excluding carboxylic acids is 1. The normalized spacial score (nSPS) is 10.7. The van der Waals surface area contributed by atoms with Crippen LogP contribution >= 0.6 is 23.2 Å². The summed E-state index contributed by atoms with van der Waals surface area (Å²) in [7, 11) is 0. The zero-order chi connectivity index (χ0) is 18.0. The third kappa shape index (κ3) is 3.52. The third-order valence-electron chi connectivity index (χ3n) is 3.61. The Morgan fingerprint density at radius 3 is 2.60 bits per heavy atom. The van der Waals surface area contributed by atoms with E-state index in [2.05, 4.69) is 5.16 Å². The number of carbonyl (C=O) groups is 1. The van der Waals surface area contributed by atoms with Crippen LogP contribution in [0.1, 0.15) is 21.7 Å². The molecule has 1 aromatic heterocycles. The van der Waals surface area contributed by atoms with E-state index < -0.39 is 11.8 Å². The summed E-state index contributed by atoms with van der Waals surface area (Å²) in [5.41, 5.74) is 1.05. The highest BCUT2D eigenvalue weighted by molar-refractivity contribution is 6.33. The summed E-state index contributed by atoms with van der Waals surface area (Å²) in [6, 6.07) is 11.2. The van der Waals surface area contributed by atoms with E-state index in [1.165, 1.54) is 18.2 Å². The molecule has 0 N–H and O–H groups in total. The molecule has 0 saturated carbocycles. The first kappa shape index (κ1) is 17.5. The van der Waals surface area contributed by atoms with E-state index in [4.69, 9.17) is 32.5 Å². The van der Waals surface area contributed by atoms with Gasteiger partial charge >= 0.3 is 5.97 Å². The van der Waals surface area contributed by atoms with Gasteiger partial charge in [-0.15, -0.1) is 0 Å². The van der Waals surface area contributed by atoms with Crippen LogP contribution in [-0.2, 0) is 11.3 Å². The quantitative estimate of drug-likeness (QED) is 0.565. The van der Waals surface area contributed by atoms with Gasteiger partial charge in [-0.25, -0.2) is 9.18 Å². The lowest BCUT2D eigenvalue weighted by Crippen LogP contribution is -2.08. The maximum atomic E-state index is 13.8. The first-order chi connectivity index (χ1) is 12.0. The smallest absolute Gasteiger partial charge is 0.344 e. The molecule has 128 valence electrons. The average molecular weight is 380 g/mol. The van der Waals surface area contributed by atoms with Crippen LogP contribution in [0.2, 0.25) is 10.0 Å². The summed E-state index contributed by atoms with van der Waals surface area (Å²) >= 11 is 12.1. The van der Waals surface area contributed by atoms with Crippen LogP contribution in [0.5, 0.6) is 0 Å². The molecule has 3 aromatic rings. The number of halogens is 3. The molecule has 0 radical (unpaired) electrons. The molecule has 0 amide bonds. The minimum Gasteiger partial charge on any atom is -0.457 e. The molecule has 0 atom stereocenters. The first-order valence-corrected chi connectivity index (χ1v) is 8.06. The lowest BCUT2D eigenvalue weighted by Gasteiger charge is -2.08. The minimum atomic E-state index is -0.701. The molecule has 25 heavy (non-hydrogen) atoms. The molecule has 0 spiro atoms. The first-order valence-electron chi connectivity index (χ1n) is 7.30. The molecular formula is C18H12Cl2FNO3. The highest BCUT2D eigenvalue weighted by Crippen LogP contribution is 2.31. The lowest BCUT2D eigenvalue weighted by molar-refractivity contribution is 0.0468. The Bertz CT molecular complexity index is 920. The second kappa shape index (κ2) is 7.25. The van der Waals surface area contributed by atoms with Gasteiger partial charge in [0.15, 0.2) is 0 Å². The summed E-state index contributed by atoms with van der Waals surface area (Å²) in [5, 5.41) is 4.50. The van der Waals surface area contributed by atoms with Crippen molar-refractivity contribution in [3.05, 3.63) is 75.2 Å². The van der Waals surface area contributed by atoms with Crippen molar-refractivity contribution in [3.63, 3.8) is 0 Å². The van der Waals surface area contributed by atoms with E-state index in [0.717, 1.165) is 0 Å². The van der Waals surface area contributed by atoms with Gasteiger partial charge in [0, 0.05) is 11.1 Å². The van der Waals surface area contributed by atoms with Gasteiger partial charge in [0.25, 0.3) is 0 Å². The number of benzene rings is 2. The minimum absolute atomic E-state index is 0.103. The number of nitrogens with zero attached hydrogens (tertiary/aromatic N) is 1. The Labute approximate surface area is 153 Å². The van der Waals surface area contributed by atoms with Gasteiger partial charge in [0.05, 0.1) is 10.0 Å². The second-order valence-corrected chi connectivity index (χ2v) is 6.03. The molecule has 2 aromatic carbocycles. The van der Waals surface area contributed by atoms with Crippen LogP contribution in [-0.4, -0.2) is 11.1 Å². The van der Waals surface area contributed by atoms with Crippen LogP contribution in [0.4, 0.5) is 4.39 Å². The Balaban J connectivity index is 1.89. The average Bonchev–Trinajstić information content (AvgIpc) is 2.96. The summed E-state index contributed by atoms with van der Waals surface area (Å²) in [6.45, 7) is 1.27. The van der Waals surface area contributed by atoms with Crippen LogP contribution in [0.3, 0.4) is 0 Å². The standard InChI is InChI=1S/C18H12Cl2FNO3/c1-10-16(17(22-25-10)11-5-2-3-6-13(11)19)18(23)24-9-12-14(20)7-4-8-15(12)21/h2-8H,9H2,1H3. The van der Waals surface area contributed by atoms with Gasteiger partial charge in [0.2, 0.25) is 0 Å². The number of rotatable bonds is 4. The lowest BCUT2D eigenvalue weighted by atomic mass is 10.1. The van der Waals surface area contributed by atoms with Crippen LogP contribution in [0, 0.1) is 12.7 Å². The molecular weight excluding hydrogens is 368 g/mol. The highest BCUT2D eigenvalue weighted by atomic mass is 35.5. The molecule has 4 nitrogen and oxygen atoms in total. The van der Waals surface area contributed by atoms with Gasteiger partial charge in [-0.1, -0.05) is 52.6 Å². The molecule has 0 saturated heterocycles. The summed E-state index contributed by atoms with van der Waals surface area (Å²) < 4.78 is 24.1. The van der Waals surface area contributed by atoms with Crippen molar-refractivity contribution in [2.45, 2.75) is 13.5 Å². The van der Waals surface area contributed by atoms with Gasteiger partial charge in [-0.2, -0.15) is 0 Å². The molecule has 0 aliphatic rings. The maximum absolute atomic E-state index is 13.8. The Morgan fingerprint density at radius 2 is 1.88 bits per heavy atom. The number of hydrogen-bond donors (Lipinski definition) is 0. The van der Waals surface area contributed by atoms with Gasteiger partial charge < -0.3 is 9.26 Å². The second-order valence-electron chi connectivity index (χ2n) is 5.22. The SMILES string of the molecule is Cc1onc(-c2ccccc2Cl)c1C(=O)OCc1c(F)cccc1Cl. The molecule has 1 heterocycles. The van der Waals surface area contributed by atoms with Crippen molar-refractivity contribution in [2.75, 3.05) is 0 Å². The van der Waals surface area contributed by atoms with Crippen molar-refractivity contribution < 1.29 is 18.4 Å². The number of ether oxygens (including phenoxy) is 1. The summed E-state index contributed by atoms with van der Waals surface area (Å²) in [5.74, 6) is -0.971. The number of esters is 1. The third-order valence-corrected chi connectivity index (χ3v) is 4.29. The summed E-state index contributed by atoms with van der Waals surface area (Å²) in [6.07, 6.45) is 0. The molecule has 0 aliphatic heterocycles. The fraction of sp³-hybridized carbons (Fsp3) is 0.111. The molecule has 0 fully saturated rings. The zero-order valence-corrected chi connectivity index (χ0v) is 14.6. The topological polar surface area (TPSA) is 52.3 Å². The van der Waals surface area contributed by atoms with E-state index in [1.807, 2.05) is 0 Å². The number of aromatic nitrogens is 1. The summed E-state index contributed by atoms with van der Waals surface area (Å²) in [4.78, 5) is 12.5. The van der Waals surface area contributed by atoms with Crippen molar-refractivity contribution in [3.8, 4) is 11.3 Å². The molecule has 0 aliphatic carbocycles. The molecule has 3 rings (SSSR count). The van der Waals surface area contributed by atoms with Gasteiger partial charge in [-0.05, 0) is 25.1 Å². The zero-order valence-electron chi connectivity index (χ0n) is 13.1. The highest BCUT2D eigenvalue weighted by Gasteiger charge is 2.24.